The van der Waals surface area contributed by atoms with Gasteiger partial charge in [0, 0.05) is 0 Å². The maximum atomic E-state index is 16.3. The minimum Gasteiger partial charge on any atom is -0.462 e. The van der Waals surface area contributed by atoms with Gasteiger partial charge in [0.15, 0.2) is 18.0 Å². The number of carbonyl (C=O) groups excluding carboxylic acids is 1. The Balaban J connectivity index is 1.61. The van der Waals surface area contributed by atoms with Crippen molar-refractivity contribution in [1.29, 1.82) is 0 Å². The zero-order chi connectivity index (χ0) is 29.9. The van der Waals surface area contributed by atoms with Crippen LogP contribution in [0.5, 0.6) is 5.75 Å². The Morgan fingerprint density at radius 2 is 2.00 bits per heavy atom. The quantitative estimate of drug-likeness (QED) is 0.170. The molecule has 1 saturated heterocycles. The SMILES string of the molecule is CCc1nc(Cl)nc2c1ncn2[C@@H]1O[C@H](CO)C(C)(COP(=O)(N[C@@H](C)C(=O)OC(C)C)Oc2ccccc2)C1F. The number of hydrogen-bond donors (Lipinski definition) is 2. The lowest BCUT2D eigenvalue weighted by Gasteiger charge is -2.32. The third kappa shape index (κ3) is 6.71. The maximum absolute atomic E-state index is 16.3. The number of aliphatic hydroxyl groups excluding tert-OH is 1. The van der Waals surface area contributed by atoms with Crippen molar-refractivity contribution in [2.24, 2.45) is 5.41 Å². The summed E-state index contributed by atoms with van der Waals surface area (Å²) >= 11 is 6.10. The van der Waals surface area contributed by atoms with Gasteiger partial charge in [-0.1, -0.05) is 32.0 Å². The van der Waals surface area contributed by atoms with Crippen molar-refractivity contribution in [1.82, 2.24) is 24.6 Å². The third-order valence-corrected chi connectivity index (χ3v) is 8.53. The second-order valence-corrected chi connectivity index (χ2v) is 12.3. The molecule has 3 aromatic rings. The topological polar surface area (TPSA) is 147 Å². The van der Waals surface area contributed by atoms with E-state index in [9.17, 15) is 14.5 Å². The number of para-hydroxylation sites is 1. The molecule has 1 fully saturated rings. The normalized spacial score (nSPS) is 24.9. The van der Waals surface area contributed by atoms with E-state index in [1.54, 1.807) is 44.2 Å². The molecule has 0 saturated carbocycles. The summed E-state index contributed by atoms with van der Waals surface area (Å²) in [6.45, 7) is 7.12. The van der Waals surface area contributed by atoms with Gasteiger partial charge < -0.3 is 19.1 Å². The van der Waals surface area contributed by atoms with E-state index in [0.29, 0.717) is 17.6 Å². The van der Waals surface area contributed by atoms with Gasteiger partial charge in [-0.15, -0.1) is 0 Å². The summed E-state index contributed by atoms with van der Waals surface area (Å²) in [5.41, 5.74) is -0.203. The van der Waals surface area contributed by atoms with E-state index in [0.717, 1.165) is 0 Å². The number of ether oxygens (including phenoxy) is 2. The number of hydrogen-bond acceptors (Lipinski definition) is 10. The highest BCUT2D eigenvalue weighted by Crippen LogP contribution is 2.51. The van der Waals surface area contributed by atoms with Crippen LogP contribution in [-0.2, 0) is 29.8 Å². The first kappa shape index (κ1) is 31.3. The first-order valence-electron chi connectivity index (χ1n) is 13.2. The summed E-state index contributed by atoms with van der Waals surface area (Å²) in [5, 5.41) is 12.7. The van der Waals surface area contributed by atoms with E-state index >= 15 is 4.39 Å². The summed E-state index contributed by atoms with van der Waals surface area (Å²) < 4.78 is 54.2. The second kappa shape index (κ2) is 12.7. The molecular weight excluding hydrogens is 580 g/mol. The van der Waals surface area contributed by atoms with E-state index < -0.39 is 63.0 Å². The molecule has 2 N–H and O–H groups in total. The lowest BCUT2D eigenvalue weighted by Crippen LogP contribution is -2.42. The van der Waals surface area contributed by atoms with Crippen LogP contribution in [0.4, 0.5) is 4.39 Å². The number of nitrogens with zero attached hydrogens (tertiary/aromatic N) is 4. The standard InChI is InChI=1S/C26H34ClFN5O7P/c1-6-18-20-22(31-25(27)30-18)33(14-29-20)23-21(28)26(5,19(12-34)39-23)13-37-41(36,40-17-10-8-7-9-11-17)32-16(4)24(35)38-15(2)3/h7-11,14-16,19,21,23,34H,6,12-13H2,1-5H3,(H,32,36)/t16-,19+,21?,23+,26?,41?/m0/s1. The van der Waals surface area contributed by atoms with Crippen molar-refractivity contribution in [3.8, 4) is 5.75 Å². The Morgan fingerprint density at radius 3 is 2.63 bits per heavy atom. The highest BCUT2D eigenvalue weighted by atomic mass is 35.5. The van der Waals surface area contributed by atoms with Crippen LogP contribution < -0.4 is 9.61 Å². The minimum absolute atomic E-state index is 0.0236. The van der Waals surface area contributed by atoms with Gasteiger partial charge in [0.1, 0.15) is 17.3 Å². The van der Waals surface area contributed by atoms with Gasteiger partial charge in [0.25, 0.3) is 0 Å². The van der Waals surface area contributed by atoms with E-state index in [2.05, 4.69) is 20.0 Å². The molecule has 2 aromatic heterocycles. The van der Waals surface area contributed by atoms with Gasteiger partial charge in [-0.25, -0.2) is 18.9 Å². The molecule has 1 aromatic carbocycles. The maximum Gasteiger partial charge on any atom is 0.459 e. The molecule has 1 aliphatic rings. The van der Waals surface area contributed by atoms with Crippen LogP contribution in [0, 0.1) is 5.41 Å². The Labute approximate surface area is 242 Å². The third-order valence-electron chi connectivity index (χ3n) is 6.73. The number of aliphatic hydroxyl groups is 1. The highest BCUT2D eigenvalue weighted by Gasteiger charge is 2.56. The van der Waals surface area contributed by atoms with E-state index in [1.807, 2.05) is 6.92 Å². The molecule has 3 unspecified atom stereocenters. The number of benzene rings is 1. The van der Waals surface area contributed by atoms with Crippen molar-refractivity contribution in [3.63, 3.8) is 0 Å². The number of imidazole rings is 1. The first-order valence-corrected chi connectivity index (χ1v) is 15.1. The Kier molecular flexibility index (Phi) is 9.67. The monoisotopic (exact) mass is 613 g/mol. The molecule has 0 spiro atoms. The van der Waals surface area contributed by atoms with Crippen LogP contribution in [0.25, 0.3) is 11.2 Å². The van der Waals surface area contributed by atoms with Crippen molar-refractivity contribution in [2.75, 3.05) is 13.2 Å². The molecule has 4 rings (SSSR count). The van der Waals surface area contributed by atoms with Crippen LogP contribution in [0.15, 0.2) is 36.7 Å². The number of rotatable bonds is 12. The molecule has 15 heteroatoms. The van der Waals surface area contributed by atoms with Crippen LogP contribution in [0.1, 0.15) is 46.5 Å². The molecule has 0 bridgehead atoms. The number of esters is 1. The van der Waals surface area contributed by atoms with Crippen molar-refractivity contribution >= 4 is 36.5 Å². The molecule has 3 heterocycles. The average Bonchev–Trinajstić information content (AvgIpc) is 3.45. The predicted octanol–water partition coefficient (Wildman–Crippen LogP) is 4.41. The summed E-state index contributed by atoms with van der Waals surface area (Å²) in [5.74, 6) is -0.478. The average molecular weight is 614 g/mol. The van der Waals surface area contributed by atoms with Gasteiger partial charge >= 0.3 is 13.7 Å². The zero-order valence-electron chi connectivity index (χ0n) is 23.4. The fourth-order valence-corrected chi connectivity index (χ4v) is 6.25. The van der Waals surface area contributed by atoms with Gasteiger partial charge in [0.2, 0.25) is 5.28 Å². The number of aryl methyl sites for hydroxylation is 1. The second-order valence-electron chi connectivity index (χ2n) is 10.2. The van der Waals surface area contributed by atoms with Crippen LogP contribution in [0.2, 0.25) is 5.28 Å². The van der Waals surface area contributed by atoms with E-state index in [-0.39, 0.29) is 16.7 Å². The lowest BCUT2D eigenvalue weighted by molar-refractivity contribution is -0.149. The first-order chi connectivity index (χ1) is 19.4. The minimum atomic E-state index is -4.30. The van der Waals surface area contributed by atoms with Crippen molar-refractivity contribution < 1.29 is 37.4 Å². The number of nitrogens with one attached hydrogen (secondary N) is 1. The summed E-state index contributed by atoms with van der Waals surface area (Å²) in [6, 6.07) is 7.11. The Morgan fingerprint density at radius 1 is 1.29 bits per heavy atom. The van der Waals surface area contributed by atoms with Crippen molar-refractivity contribution in [2.45, 2.75) is 71.7 Å². The molecule has 0 radical (unpaired) electrons. The Bertz CT molecular complexity index is 1410. The number of fused-ring (bicyclic) bond motifs is 1. The molecule has 1 aliphatic heterocycles. The highest BCUT2D eigenvalue weighted by molar-refractivity contribution is 7.52. The molecular formula is C26H34ClFN5O7P. The smallest absolute Gasteiger partial charge is 0.459 e. The summed E-state index contributed by atoms with van der Waals surface area (Å²) in [6.07, 6.45) is -2.62. The number of aromatic nitrogens is 4. The van der Waals surface area contributed by atoms with Crippen LogP contribution >= 0.6 is 19.3 Å². The molecule has 41 heavy (non-hydrogen) atoms. The molecule has 0 aliphatic carbocycles. The van der Waals surface area contributed by atoms with Crippen LogP contribution in [0.3, 0.4) is 0 Å². The number of carbonyl (C=O) groups is 1. The van der Waals surface area contributed by atoms with Gasteiger partial charge in [-0.05, 0) is 50.9 Å². The lowest BCUT2D eigenvalue weighted by atomic mass is 9.82. The van der Waals surface area contributed by atoms with E-state index in [4.69, 9.17) is 30.1 Å². The fraction of sp³-hybridized carbons (Fsp3) is 0.538. The van der Waals surface area contributed by atoms with Gasteiger partial charge in [-0.3, -0.25) is 13.9 Å². The molecule has 224 valence electrons. The van der Waals surface area contributed by atoms with Gasteiger partial charge in [-0.2, -0.15) is 10.1 Å². The molecule has 0 amide bonds. The Hall–Kier alpha value is -2.67. The summed E-state index contributed by atoms with van der Waals surface area (Å²) in [4.78, 5) is 25.2. The molecule has 6 atom stereocenters. The van der Waals surface area contributed by atoms with Crippen molar-refractivity contribution in [3.05, 3.63) is 47.6 Å². The van der Waals surface area contributed by atoms with Crippen LogP contribution in [-0.4, -0.2) is 68.2 Å². The van der Waals surface area contributed by atoms with Gasteiger partial charge in [0.05, 0.1) is 42.9 Å². The predicted molar refractivity (Wildman–Crippen MR) is 148 cm³/mol. The fourth-order valence-electron chi connectivity index (χ4n) is 4.46. The van der Waals surface area contributed by atoms with E-state index in [1.165, 1.54) is 24.7 Å². The number of alkyl halides is 1. The summed E-state index contributed by atoms with van der Waals surface area (Å²) in [7, 11) is -4.30. The number of halogens is 2. The largest absolute Gasteiger partial charge is 0.462 e. The zero-order valence-corrected chi connectivity index (χ0v) is 25.0. The molecule has 12 nitrogen and oxygen atoms in total.